The summed E-state index contributed by atoms with van der Waals surface area (Å²) in [4.78, 5) is 11.4. The molecule has 20 heavy (non-hydrogen) atoms. The van der Waals surface area contributed by atoms with Crippen LogP contribution < -0.4 is 15.8 Å². The lowest BCUT2D eigenvalue weighted by molar-refractivity contribution is 0.395. The van der Waals surface area contributed by atoms with Crippen molar-refractivity contribution in [2.24, 2.45) is 0 Å². The van der Waals surface area contributed by atoms with Crippen LogP contribution >= 0.6 is 0 Å². The minimum absolute atomic E-state index is 0.0853. The fraction of sp³-hybridized carbons (Fsp3) is 0.429. The number of aromatic nitrogens is 2. The number of para-hydroxylation sites is 1. The average molecular weight is 277 g/mol. The van der Waals surface area contributed by atoms with Gasteiger partial charge in [0.05, 0.1) is 13.7 Å². The van der Waals surface area contributed by atoms with Crippen LogP contribution in [0, 0.1) is 6.92 Å². The second kappa shape index (κ2) is 6.38. The summed E-state index contributed by atoms with van der Waals surface area (Å²) in [5.74, 6) is 0.807. The Kier molecular flexibility index (Phi) is 4.57. The SMILES string of the molecule is COc1ccccc1CN[C@@H](C)Cn1nc(C)oc1=O. The predicted octanol–water partition coefficient (Wildman–Crippen LogP) is 1.33. The highest BCUT2D eigenvalue weighted by Gasteiger charge is 2.10. The third-order valence-electron chi connectivity index (χ3n) is 2.99. The number of nitrogens with one attached hydrogen (secondary N) is 1. The lowest BCUT2D eigenvalue weighted by Gasteiger charge is -2.14. The zero-order valence-corrected chi connectivity index (χ0v) is 11.9. The number of benzene rings is 1. The number of hydrogen-bond acceptors (Lipinski definition) is 5. The van der Waals surface area contributed by atoms with Gasteiger partial charge in [0.25, 0.3) is 0 Å². The molecule has 0 aliphatic rings. The van der Waals surface area contributed by atoms with Crippen LogP contribution in [-0.2, 0) is 13.1 Å². The molecule has 1 aromatic carbocycles. The molecular formula is C14H19N3O3. The Balaban J connectivity index is 1.94. The van der Waals surface area contributed by atoms with Crippen molar-refractivity contribution in [1.82, 2.24) is 15.1 Å². The molecule has 1 N–H and O–H groups in total. The molecule has 0 unspecified atom stereocenters. The molecule has 0 bridgehead atoms. The van der Waals surface area contributed by atoms with Gasteiger partial charge in [-0.1, -0.05) is 18.2 Å². The number of methoxy groups -OCH3 is 1. The lowest BCUT2D eigenvalue weighted by atomic mass is 10.2. The van der Waals surface area contributed by atoms with E-state index in [9.17, 15) is 4.79 Å². The molecule has 108 valence electrons. The van der Waals surface area contributed by atoms with E-state index in [2.05, 4.69) is 10.4 Å². The van der Waals surface area contributed by atoms with Crippen molar-refractivity contribution in [3.8, 4) is 5.75 Å². The van der Waals surface area contributed by atoms with Crippen LogP contribution in [0.25, 0.3) is 0 Å². The van der Waals surface area contributed by atoms with E-state index >= 15 is 0 Å². The summed E-state index contributed by atoms with van der Waals surface area (Å²) in [5.41, 5.74) is 1.07. The van der Waals surface area contributed by atoms with Crippen LogP contribution in [0.2, 0.25) is 0 Å². The fourth-order valence-electron chi connectivity index (χ4n) is 1.98. The standard InChI is InChI=1S/C14H19N3O3/c1-10(9-17-14(18)20-11(2)16-17)15-8-12-6-4-5-7-13(12)19-3/h4-7,10,15H,8-9H2,1-3H3/t10-/m0/s1. The first kappa shape index (κ1) is 14.3. The maximum Gasteiger partial charge on any atom is 0.437 e. The highest BCUT2D eigenvalue weighted by Crippen LogP contribution is 2.16. The van der Waals surface area contributed by atoms with E-state index in [1.54, 1.807) is 14.0 Å². The highest BCUT2D eigenvalue weighted by atomic mass is 16.5. The quantitative estimate of drug-likeness (QED) is 0.862. The third kappa shape index (κ3) is 3.48. The highest BCUT2D eigenvalue weighted by molar-refractivity contribution is 5.32. The molecule has 0 amide bonds. The van der Waals surface area contributed by atoms with E-state index in [1.165, 1.54) is 4.68 Å². The van der Waals surface area contributed by atoms with Gasteiger partial charge in [-0.3, -0.25) is 0 Å². The molecule has 6 nitrogen and oxygen atoms in total. The van der Waals surface area contributed by atoms with Crippen molar-refractivity contribution >= 4 is 0 Å². The average Bonchev–Trinajstić information content (AvgIpc) is 2.75. The second-order valence-corrected chi connectivity index (χ2v) is 4.66. The van der Waals surface area contributed by atoms with E-state index < -0.39 is 5.76 Å². The zero-order chi connectivity index (χ0) is 14.5. The summed E-state index contributed by atoms with van der Waals surface area (Å²) in [6.45, 7) is 4.78. The Hall–Kier alpha value is -2.08. The summed E-state index contributed by atoms with van der Waals surface area (Å²) in [7, 11) is 1.65. The molecule has 0 spiro atoms. The molecule has 0 radical (unpaired) electrons. The minimum Gasteiger partial charge on any atom is -0.496 e. The van der Waals surface area contributed by atoms with Gasteiger partial charge in [0.2, 0.25) is 5.89 Å². The van der Waals surface area contributed by atoms with Gasteiger partial charge in [0.1, 0.15) is 5.75 Å². The largest absolute Gasteiger partial charge is 0.496 e. The van der Waals surface area contributed by atoms with Gasteiger partial charge in [-0.05, 0) is 13.0 Å². The number of aryl methyl sites for hydroxylation is 1. The smallest absolute Gasteiger partial charge is 0.437 e. The molecule has 6 heteroatoms. The molecule has 0 aliphatic heterocycles. The van der Waals surface area contributed by atoms with Crippen molar-refractivity contribution in [3.05, 3.63) is 46.3 Å². The van der Waals surface area contributed by atoms with Gasteiger partial charge < -0.3 is 14.5 Å². The van der Waals surface area contributed by atoms with Crippen molar-refractivity contribution < 1.29 is 9.15 Å². The van der Waals surface area contributed by atoms with E-state index in [1.807, 2.05) is 31.2 Å². The first-order chi connectivity index (χ1) is 9.60. The second-order valence-electron chi connectivity index (χ2n) is 4.66. The van der Waals surface area contributed by atoms with E-state index in [4.69, 9.17) is 9.15 Å². The molecule has 0 saturated heterocycles. The normalized spacial score (nSPS) is 12.3. The molecule has 1 atom stereocenters. The van der Waals surface area contributed by atoms with Crippen molar-refractivity contribution in [3.63, 3.8) is 0 Å². The lowest BCUT2D eigenvalue weighted by Crippen LogP contribution is -2.33. The van der Waals surface area contributed by atoms with Crippen LogP contribution in [0.15, 0.2) is 33.5 Å². The molecular weight excluding hydrogens is 258 g/mol. The molecule has 0 saturated carbocycles. The summed E-state index contributed by atoms with van der Waals surface area (Å²) < 4.78 is 11.5. The van der Waals surface area contributed by atoms with E-state index in [0.717, 1.165) is 11.3 Å². The summed E-state index contributed by atoms with van der Waals surface area (Å²) in [6.07, 6.45) is 0. The van der Waals surface area contributed by atoms with Crippen LogP contribution in [0.3, 0.4) is 0 Å². The molecule has 1 heterocycles. The van der Waals surface area contributed by atoms with Crippen molar-refractivity contribution in [2.45, 2.75) is 33.0 Å². The Bertz CT molecular complexity index is 618. The van der Waals surface area contributed by atoms with Gasteiger partial charge in [0.15, 0.2) is 0 Å². The predicted molar refractivity (Wildman–Crippen MR) is 74.8 cm³/mol. The molecule has 1 aromatic heterocycles. The van der Waals surface area contributed by atoms with Gasteiger partial charge in [-0.25, -0.2) is 4.79 Å². The Morgan fingerprint density at radius 2 is 2.20 bits per heavy atom. The molecule has 2 aromatic rings. The van der Waals surface area contributed by atoms with Crippen molar-refractivity contribution in [2.75, 3.05) is 7.11 Å². The summed E-state index contributed by atoms with van der Waals surface area (Å²) in [6, 6.07) is 7.92. The maximum absolute atomic E-state index is 11.4. The fourth-order valence-corrected chi connectivity index (χ4v) is 1.98. The Morgan fingerprint density at radius 3 is 2.85 bits per heavy atom. The monoisotopic (exact) mass is 277 g/mol. The van der Waals surface area contributed by atoms with Crippen LogP contribution in [0.4, 0.5) is 0 Å². The minimum atomic E-state index is -0.423. The number of nitrogens with zero attached hydrogens (tertiary/aromatic N) is 2. The Labute approximate surface area is 117 Å². The van der Waals surface area contributed by atoms with Gasteiger partial charge in [0, 0.05) is 25.1 Å². The van der Waals surface area contributed by atoms with Gasteiger partial charge in [-0.2, -0.15) is 4.68 Å². The third-order valence-corrected chi connectivity index (χ3v) is 2.99. The van der Waals surface area contributed by atoms with Gasteiger partial charge in [-0.15, -0.1) is 5.10 Å². The topological polar surface area (TPSA) is 69.3 Å². The molecule has 2 rings (SSSR count). The number of hydrogen-bond donors (Lipinski definition) is 1. The maximum atomic E-state index is 11.4. The molecule has 0 fully saturated rings. The number of ether oxygens (including phenoxy) is 1. The van der Waals surface area contributed by atoms with Crippen LogP contribution in [-0.4, -0.2) is 22.9 Å². The van der Waals surface area contributed by atoms with E-state index in [0.29, 0.717) is 19.0 Å². The first-order valence-electron chi connectivity index (χ1n) is 6.50. The molecule has 0 aliphatic carbocycles. The number of rotatable bonds is 6. The van der Waals surface area contributed by atoms with Crippen LogP contribution in [0.5, 0.6) is 5.75 Å². The van der Waals surface area contributed by atoms with E-state index in [-0.39, 0.29) is 6.04 Å². The van der Waals surface area contributed by atoms with Gasteiger partial charge >= 0.3 is 5.76 Å². The zero-order valence-electron chi connectivity index (χ0n) is 11.9. The Morgan fingerprint density at radius 1 is 1.45 bits per heavy atom. The van der Waals surface area contributed by atoms with Crippen molar-refractivity contribution in [1.29, 1.82) is 0 Å². The summed E-state index contributed by atoms with van der Waals surface area (Å²) in [5, 5.41) is 7.35. The summed E-state index contributed by atoms with van der Waals surface area (Å²) >= 11 is 0. The first-order valence-corrected chi connectivity index (χ1v) is 6.50. The van der Waals surface area contributed by atoms with Crippen LogP contribution in [0.1, 0.15) is 18.4 Å².